The first-order valence-corrected chi connectivity index (χ1v) is 9.38. The van der Waals surface area contributed by atoms with Crippen LogP contribution in [0.25, 0.3) is 11.2 Å². The van der Waals surface area contributed by atoms with Crippen molar-refractivity contribution in [3.05, 3.63) is 12.7 Å². The van der Waals surface area contributed by atoms with Crippen molar-refractivity contribution in [2.24, 2.45) is 5.92 Å². The Hall–Kier alpha value is -2.38. The standard InChI is InChI=1S/C17H27N7O5/c1-7(2)9(18-3)16(28)23-10-8(4-25)29-17(13(27)12(10)26)24-15-11-14(20-5-19-11)21-6-22-15/h5-10,12-13,17-18,25-27H,4H2,1-3H3,(H,23,28)(H2,19,20,21,22,24)/t8-,9-,10?,12+,13-,17-/m0/s1. The number of aromatic nitrogens is 4. The van der Waals surface area contributed by atoms with Crippen LogP contribution in [0.15, 0.2) is 12.7 Å². The third-order valence-corrected chi connectivity index (χ3v) is 5.00. The molecular formula is C17H27N7O5. The maximum absolute atomic E-state index is 12.5. The van der Waals surface area contributed by atoms with Gasteiger partial charge in [-0.25, -0.2) is 15.0 Å². The highest BCUT2D eigenvalue weighted by Gasteiger charge is 2.45. The highest BCUT2D eigenvalue weighted by Crippen LogP contribution is 2.24. The number of aliphatic hydroxyl groups is 3. The number of nitrogens with one attached hydrogen (secondary N) is 4. The Bertz CT molecular complexity index is 829. The molecule has 7 N–H and O–H groups in total. The molecule has 1 aliphatic rings. The van der Waals surface area contributed by atoms with Crippen LogP contribution in [0, 0.1) is 5.92 Å². The van der Waals surface area contributed by atoms with E-state index in [1.165, 1.54) is 12.7 Å². The summed E-state index contributed by atoms with van der Waals surface area (Å²) in [6.07, 6.45) is -2.06. The summed E-state index contributed by atoms with van der Waals surface area (Å²) < 4.78 is 5.73. The summed E-state index contributed by atoms with van der Waals surface area (Å²) in [5.41, 5.74) is 0.923. The molecular weight excluding hydrogens is 382 g/mol. The molecule has 0 aliphatic carbocycles. The second-order valence-electron chi connectivity index (χ2n) is 7.27. The van der Waals surface area contributed by atoms with Crippen molar-refractivity contribution in [3.63, 3.8) is 0 Å². The number of likely N-dealkylation sites (N-methyl/N-ethyl adjacent to an activating group) is 1. The van der Waals surface area contributed by atoms with Crippen LogP contribution in [-0.4, -0.2) is 91.4 Å². The Morgan fingerprint density at radius 2 is 2.03 bits per heavy atom. The maximum atomic E-state index is 12.5. The van der Waals surface area contributed by atoms with E-state index in [0.717, 1.165) is 0 Å². The zero-order valence-electron chi connectivity index (χ0n) is 16.4. The number of hydrogen-bond acceptors (Lipinski definition) is 10. The molecule has 2 aromatic heterocycles. The predicted molar refractivity (Wildman–Crippen MR) is 103 cm³/mol. The number of anilines is 1. The third-order valence-electron chi connectivity index (χ3n) is 5.00. The summed E-state index contributed by atoms with van der Waals surface area (Å²) in [5.74, 6) is -0.0386. The lowest BCUT2D eigenvalue weighted by Gasteiger charge is -2.43. The molecule has 29 heavy (non-hydrogen) atoms. The van der Waals surface area contributed by atoms with Crippen molar-refractivity contribution in [2.75, 3.05) is 19.0 Å². The number of aliphatic hydroxyl groups excluding tert-OH is 3. The van der Waals surface area contributed by atoms with Gasteiger partial charge in [-0.05, 0) is 13.0 Å². The van der Waals surface area contributed by atoms with Gasteiger partial charge >= 0.3 is 0 Å². The fourth-order valence-electron chi connectivity index (χ4n) is 3.45. The van der Waals surface area contributed by atoms with E-state index >= 15 is 0 Å². The van der Waals surface area contributed by atoms with E-state index < -0.39 is 43.2 Å². The van der Waals surface area contributed by atoms with Crippen LogP contribution in [0.5, 0.6) is 0 Å². The molecule has 6 atom stereocenters. The number of hydrogen-bond donors (Lipinski definition) is 7. The highest BCUT2D eigenvalue weighted by molar-refractivity contribution is 5.83. The molecule has 1 fully saturated rings. The Balaban J connectivity index is 1.75. The van der Waals surface area contributed by atoms with Crippen LogP contribution >= 0.6 is 0 Å². The Labute approximate surface area is 167 Å². The van der Waals surface area contributed by atoms with Crippen molar-refractivity contribution < 1.29 is 24.9 Å². The van der Waals surface area contributed by atoms with Gasteiger partial charge in [-0.1, -0.05) is 13.8 Å². The Morgan fingerprint density at radius 1 is 1.28 bits per heavy atom. The average molecular weight is 409 g/mol. The van der Waals surface area contributed by atoms with Gasteiger partial charge in [0.2, 0.25) is 5.91 Å². The smallest absolute Gasteiger partial charge is 0.237 e. The van der Waals surface area contributed by atoms with Crippen molar-refractivity contribution in [2.45, 2.75) is 50.5 Å². The summed E-state index contributed by atoms with van der Waals surface area (Å²) in [7, 11) is 1.66. The number of nitrogens with zero attached hydrogens (tertiary/aromatic N) is 3. The number of carbonyl (C=O) groups is 1. The predicted octanol–water partition coefficient (Wildman–Crippen LogP) is -2.07. The van der Waals surface area contributed by atoms with Crippen LogP contribution in [0.1, 0.15) is 13.8 Å². The molecule has 3 heterocycles. The molecule has 0 spiro atoms. The monoisotopic (exact) mass is 409 g/mol. The molecule has 2 aromatic rings. The summed E-state index contributed by atoms with van der Waals surface area (Å²) >= 11 is 0. The molecule has 0 radical (unpaired) electrons. The van der Waals surface area contributed by atoms with E-state index in [-0.39, 0.29) is 11.8 Å². The van der Waals surface area contributed by atoms with Crippen molar-refractivity contribution in [3.8, 4) is 0 Å². The number of amides is 1. The first-order valence-electron chi connectivity index (χ1n) is 9.38. The van der Waals surface area contributed by atoms with E-state index in [9.17, 15) is 20.1 Å². The topological polar surface area (TPSA) is 178 Å². The fourth-order valence-corrected chi connectivity index (χ4v) is 3.45. The van der Waals surface area contributed by atoms with Crippen LogP contribution in [-0.2, 0) is 9.53 Å². The van der Waals surface area contributed by atoms with Gasteiger partial charge in [-0.2, -0.15) is 0 Å². The van der Waals surface area contributed by atoms with Gasteiger partial charge in [0.25, 0.3) is 0 Å². The van der Waals surface area contributed by atoms with E-state index in [1.54, 1.807) is 7.05 Å². The lowest BCUT2D eigenvalue weighted by Crippen LogP contribution is -2.67. The Morgan fingerprint density at radius 3 is 2.69 bits per heavy atom. The van der Waals surface area contributed by atoms with Crippen molar-refractivity contribution in [1.82, 2.24) is 30.6 Å². The van der Waals surface area contributed by atoms with E-state index in [1.807, 2.05) is 13.8 Å². The minimum atomic E-state index is -1.40. The van der Waals surface area contributed by atoms with Gasteiger partial charge in [0, 0.05) is 0 Å². The van der Waals surface area contributed by atoms with Gasteiger partial charge in [-0.3, -0.25) is 4.79 Å². The molecule has 0 bridgehead atoms. The molecule has 12 nitrogen and oxygen atoms in total. The normalized spacial score (nSPS) is 28.4. The first kappa shape index (κ1) is 21.3. The van der Waals surface area contributed by atoms with Crippen LogP contribution in [0.3, 0.4) is 0 Å². The summed E-state index contributed by atoms with van der Waals surface area (Å²) in [5, 5.41) is 39.4. The number of ether oxygens (including phenoxy) is 1. The number of rotatable bonds is 7. The lowest BCUT2D eigenvalue weighted by molar-refractivity contribution is -0.185. The molecule has 1 aliphatic heterocycles. The zero-order chi connectivity index (χ0) is 21.1. The Kier molecular flexibility index (Phi) is 6.59. The molecule has 0 aromatic carbocycles. The molecule has 1 unspecified atom stereocenters. The van der Waals surface area contributed by atoms with E-state index in [0.29, 0.717) is 17.0 Å². The summed E-state index contributed by atoms with van der Waals surface area (Å²) in [4.78, 5) is 27.6. The number of fused-ring (bicyclic) bond motifs is 1. The fraction of sp³-hybridized carbons (Fsp3) is 0.647. The van der Waals surface area contributed by atoms with E-state index in [4.69, 9.17) is 4.74 Å². The quantitative estimate of drug-likeness (QED) is 0.269. The van der Waals surface area contributed by atoms with Crippen LogP contribution in [0.2, 0.25) is 0 Å². The van der Waals surface area contributed by atoms with Gasteiger partial charge in [0.15, 0.2) is 17.7 Å². The zero-order valence-corrected chi connectivity index (χ0v) is 16.4. The number of carbonyl (C=O) groups excluding carboxylic acids is 1. The average Bonchev–Trinajstić information content (AvgIpc) is 3.17. The largest absolute Gasteiger partial charge is 0.394 e. The molecule has 0 saturated carbocycles. The van der Waals surface area contributed by atoms with Gasteiger partial charge < -0.3 is 41.0 Å². The van der Waals surface area contributed by atoms with Crippen LogP contribution in [0.4, 0.5) is 5.82 Å². The van der Waals surface area contributed by atoms with Crippen molar-refractivity contribution in [1.29, 1.82) is 0 Å². The summed E-state index contributed by atoms with van der Waals surface area (Å²) in [6.45, 7) is 3.29. The number of imidazole rings is 1. The molecule has 12 heteroatoms. The minimum Gasteiger partial charge on any atom is -0.394 e. The van der Waals surface area contributed by atoms with Crippen molar-refractivity contribution >= 4 is 22.9 Å². The molecule has 1 amide bonds. The first-order chi connectivity index (χ1) is 13.9. The minimum absolute atomic E-state index is 0.00291. The molecule has 3 rings (SSSR count). The van der Waals surface area contributed by atoms with E-state index in [2.05, 4.69) is 35.9 Å². The summed E-state index contributed by atoms with van der Waals surface area (Å²) in [6, 6.07) is -1.49. The maximum Gasteiger partial charge on any atom is 0.237 e. The highest BCUT2D eigenvalue weighted by atomic mass is 16.5. The number of aromatic amines is 1. The van der Waals surface area contributed by atoms with Gasteiger partial charge in [0.1, 0.15) is 30.2 Å². The third kappa shape index (κ3) is 4.31. The second kappa shape index (κ2) is 8.97. The van der Waals surface area contributed by atoms with Gasteiger partial charge in [0.05, 0.1) is 25.0 Å². The van der Waals surface area contributed by atoms with Crippen LogP contribution < -0.4 is 16.0 Å². The molecule has 160 valence electrons. The number of H-pyrrole nitrogens is 1. The second-order valence-corrected chi connectivity index (χ2v) is 7.27. The molecule has 1 saturated heterocycles. The lowest BCUT2D eigenvalue weighted by atomic mass is 9.94. The van der Waals surface area contributed by atoms with Gasteiger partial charge in [-0.15, -0.1) is 0 Å². The SMILES string of the molecule is CN[C@H](C(=O)NC1[C@H](CO)O[C@H](Nc2ncnc3nc[nH]c23)[C@@H](O)[C@@H]1O)C(C)C.